The molecule has 0 amide bonds. The summed E-state index contributed by atoms with van der Waals surface area (Å²) in [6.07, 6.45) is 13.4. The lowest BCUT2D eigenvalue weighted by atomic mass is 9.73. The van der Waals surface area contributed by atoms with Crippen LogP contribution in [-0.2, 0) is 19.6 Å². The minimum Gasteiger partial charge on any atom is -0.497 e. The van der Waals surface area contributed by atoms with Gasteiger partial charge < -0.3 is 9.47 Å². The van der Waals surface area contributed by atoms with Crippen molar-refractivity contribution in [2.24, 2.45) is 23.7 Å². The number of ether oxygens (including phenoxy) is 2. The zero-order valence-electron chi connectivity index (χ0n) is 31.7. The van der Waals surface area contributed by atoms with Crippen LogP contribution >= 0.6 is 0 Å². The molecule has 4 bridgehead atoms. The summed E-state index contributed by atoms with van der Waals surface area (Å²) in [7, 11) is 3.39. The van der Waals surface area contributed by atoms with E-state index in [-0.39, 0.29) is 24.3 Å². The number of hydrogen-bond donors (Lipinski definition) is 0. The largest absolute Gasteiger partial charge is 0.497 e. The molecular weight excluding hydrogens is 681 g/mol. The van der Waals surface area contributed by atoms with Crippen molar-refractivity contribution in [3.05, 3.63) is 97.4 Å². The second kappa shape index (κ2) is 16.9. The second-order valence-electron chi connectivity index (χ2n) is 15.4. The number of piperidine rings is 6. The fourth-order valence-corrected chi connectivity index (χ4v) is 9.64. The van der Waals surface area contributed by atoms with Crippen molar-refractivity contribution in [2.75, 3.05) is 53.6 Å². The molecule has 6 fully saturated rings. The minimum absolute atomic E-state index is 0.196. The van der Waals surface area contributed by atoms with Crippen molar-refractivity contribution in [3.63, 3.8) is 0 Å². The highest BCUT2D eigenvalue weighted by Gasteiger charge is 2.45. The minimum atomic E-state index is -0.271. The number of benzene rings is 2. The van der Waals surface area contributed by atoms with E-state index in [9.17, 15) is 0 Å². The van der Waals surface area contributed by atoms with Gasteiger partial charge in [-0.3, -0.25) is 19.8 Å². The van der Waals surface area contributed by atoms with E-state index >= 15 is 0 Å². The molecule has 2 aromatic heterocycles. The van der Waals surface area contributed by atoms with Crippen LogP contribution in [0.2, 0.25) is 0 Å². The van der Waals surface area contributed by atoms with Gasteiger partial charge in [-0.1, -0.05) is 12.2 Å². The zero-order chi connectivity index (χ0) is 37.0. The van der Waals surface area contributed by atoms with Crippen LogP contribution in [0.4, 0.5) is 0 Å². The van der Waals surface area contributed by atoms with Gasteiger partial charge in [0, 0.05) is 48.3 Å². The number of rotatable bonds is 17. The van der Waals surface area contributed by atoms with E-state index in [4.69, 9.17) is 29.0 Å². The Morgan fingerprint density at radius 3 is 1.54 bits per heavy atom. The van der Waals surface area contributed by atoms with E-state index in [0.29, 0.717) is 36.9 Å². The van der Waals surface area contributed by atoms with Crippen molar-refractivity contribution in [3.8, 4) is 11.5 Å². The van der Waals surface area contributed by atoms with Gasteiger partial charge in [0.1, 0.15) is 23.7 Å². The first-order valence-electron chi connectivity index (χ1n) is 19.7. The molecule has 10 rings (SSSR count). The predicted octanol–water partition coefficient (Wildman–Crippen LogP) is 8.05. The summed E-state index contributed by atoms with van der Waals surface area (Å²) in [5.41, 5.74) is 3.97. The van der Waals surface area contributed by atoms with E-state index in [0.717, 1.165) is 96.3 Å². The number of pyridine rings is 2. The summed E-state index contributed by atoms with van der Waals surface area (Å²) in [4.78, 5) is 39.4. The van der Waals surface area contributed by atoms with Crippen LogP contribution in [0, 0.1) is 23.7 Å². The van der Waals surface area contributed by atoms with E-state index in [1.54, 1.807) is 14.2 Å². The molecule has 0 spiro atoms. The lowest BCUT2D eigenvalue weighted by Gasteiger charge is -2.51. The molecule has 2 unspecified atom stereocenters. The fraction of sp³-hybridized carbons (Fsp3) is 0.500. The Hall–Kier alpha value is -3.90. The third kappa shape index (κ3) is 7.52. The number of fused-ring (bicyclic) bond motifs is 8. The predicted molar refractivity (Wildman–Crippen MR) is 209 cm³/mol. The van der Waals surface area contributed by atoms with E-state index in [1.807, 2.05) is 36.7 Å². The van der Waals surface area contributed by atoms with E-state index < -0.39 is 0 Å². The van der Waals surface area contributed by atoms with Crippen LogP contribution in [0.5, 0.6) is 11.5 Å². The van der Waals surface area contributed by atoms with E-state index in [2.05, 4.69) is 69.3 Å². The molecule has 0 radical (unpaired) electrons. The van der Waals surface area contributed by atoms with Crippen molar-refractivity contribution >= 4 is 21.8 Å². The van der Waals surface area contributed by atoms with Crippen LogP contribution in [-0.4, -0.2) is 85.5 Å². The quantitative estimate of drug-likeness (QED) is 0.0460. The van der Waals surface area contributed by atoms with Gasteiger partial charge in [-0.15, -0.1) is 13.2 Å². The number of nitrogens with zero attached hydrogens (tertiary/aromatic N) is 4. The maximum Gasteiger partial charge on any atom is 0.134 e. The Labute approximate surface area is 318 Å². The molecule has 2 aromatic carbocycles. The number of unbranched alkanes of at least 4 members (excludes halogenated alkanes) is 1. The summed E-state index contributed by atoms with van der Waals surface area (Å²) in [6.45, 7) is 13.3. The maximum atomic E-state index is 6.42. The first-order valence-corrected chi connectivity index (χ1v) is 19.7. The van der Waals surface area contributed by atoms with Crippen molar-refractivity contribution in [2.45, 2.75) is 62.8 Å². The molecule has 0 N–H and O–H groups in total. The first kappa shape index (κ1) is 37.0. The highest BCUT2D eigenvalue weighted by Crippen LogP contribution is 2.45. The molecule has 10 heteroatoms. The molecule has 6 aliphatic rings. The highest BCUT2D eigenvalue weighted by molar-refractivity contribution is 5.84. The van der Waals surface area contributed by atoms with Gasteiger partial charge in [-0.2, -0.15) is 0 Å². The van der Waals surface area contributed by atoms with Gasteiger partial charge in [-0.05, 0) is 135 Å². The monoisotopic (exact) mass is 734 g/mol. The lowest BCUT2D eigenvalue weighted by molar-refractivity contribution is -0.348. The topological polar surface area (TPSA) is 87.6 Å². The molecule has 0 saturated carbocycles. The molecule has 54 heavy (non-hydrogen) atoms. The van der Waals surface area contributed by atoms with Crippen molar-refractivity contribution < 1.29 is 29.0 Å². The Kier molecular flexibility index (Phi) is 11.6. The molecule has 286 valence electrons. The van der Waals surface area contributed by atoms with Crippen LogP contribution < -0.4 is 9.47 Å². The lowest BCUT2D eigenvalue weighted by Crippen LogP contribution is -2.55. The van der Waals surface area contributed by atoms with Gasteiger partial charge in [-0.25, -0.2) is 19.6 Å². The Bertz CT molecular complexity index is 1790. The van der Waals surface area contributed by atoms with Gasteiger partial charge >= 0.3 is 0 Å². The smallest absolute Gasteiger partial charge is 0.134 e. The molecule has 8 heterocycles. The van der Waals surface area contributed by atoms with Crippen LogP contribution in [0.25, 0.3) is 21.8 Å². The summed E-state index contributed by atoms with van der Waals surface area (Å²) in [5.74, 6) is 3.82. The standard InChI is InChI=1S/C44H54N4O6/c1-5-29-27-47-19-15-31(29)23-41(47)43(35-13-17-45-39-11-9-33(49-3)25-37(35)39)53-51-21-7-8-22-52-54-44(42-24-32-16-20-48(42)28-30(32)6-2)36-14-18-46-40-12-10-34(50-4)26-38(36)40/h5-6,9-14,17-18,25-26,29-32,41-44H,1-2,7-8,15-16,19-24,27-28H2,3-4H3/t29-,30-,31-,32-,41-,42-,43+,44+/m0/s1. The molecule has 10 nitrogen and oxygen atoms in total. The summed E-state index contributed by atoms with van der Waals surface area (Å²) in [5, 5.41) is 2.05. The van der Waals surface area contributed by atoms with Crippen molar-refractivity contribution in [1.82, 2.24) is 19.8 Å². The van der Waals surface area contributed by atoms with Crippen LogP contribution in [0.15, 0.2) is 86.2 Å². The average molecular weight is 735 g/mol. The Morgan fingerprint density at radius 1 is 0.685 bits per heavy atom. The van der Waals surface area contributed by atoms with Crippen LogP contribution in [0.1, 0.15) is 61.9 Å². The highest BCUT2D eigenvalue weighted by atomic mass is 17.2. The average Bonchev–Trinajstić information content (AvgIpc) is 3.24. The molecule has 10 atom stereocenters. The summed E-state index contributed by atoms with van der Waals surface area (Å²) < 4.78 is 11.2. The van der Waals surface area contributed by atoms with Gasteiger partial charge in [0.15, 0.2) is 0 Å². The molecule has 0 aliphatic carbocycles. The summed E-state index contributed by atoms with van der Waals surface area (Å²) in [6, 6.07) is 16.6. The van der Waals surface area contributed by atoms with Gasteiger partial charge in [0.2, 0.25) is 0 Å². The Morgan fingerprint density at radius 2 is 1.15 bits per heavy atom. The molecule has 6 saturated heterocycles. The molecule has 6 aliphatic heterocycles. The normalized spacial score (nSPS) is 28.6. The van der Waals surface area contributed by atoms with E-state index in [1.165, 1.54) is 12.8 Å². The number of hydrogen-bond acceptors (Lipinski definition) is 10. The third-order valence-corrected chi connectivity index (χ3v) is 12.6. The third-order valence-electron chi connectivity index (χ3n) is 12.6. The second-order valence-corrected chi connectivity index (χ2v) is 15.4. The molecule has 4 aromatic rings. The zero-order valence-corrected chi connectivity index (χ0v) is 31.7. The summed E-state index contributed by atoms with van der Waals surface area (Å²) >= 11 is 0. The number of methoxy groups -OCH3 is 2. The Balaban J connectivity index is 0.917. The van der Waals surface area contributed by atoms with Gasteiger partial charge in [0.25, 0.3) is 0 Å². The molecular formula is C44H54N4O6. The van der Waals surface area contributed by atoms with Crippen LogP contribution in [0.3, 0.4) is 0 Å². The SMILES string of the molecule is C=C[C@H]1CN2CC[C@H]1C[C@H]2[C@H](OOCCCCOO[C@H](c1ccnc2ccc(OC)cc12)[C@@H]1C[C@@H]2CCN1C[C@@H]2C=C)c1ccnc2ccc(OC)cc12. The first-order chi connectivity index (χ1) is 26.6. The number of aromatic nitrogens is 2. The van der Waals surface area contributed by atoms with Gasteiger partial charge in [0.05, 0.1) is 38.5 Å². The maximum absolute atomic E-state index is 6.42. The fourth-order valence-electron chi connectivity index (χ4n) is 9.64. The van der Waals surface area contributed by atoms with Crippen molar-refractivity contribution in [1.29, 1.82) is 0 Å².